The molecule has 0 radical (unpaired) electrons. The van der Waals surface area contributed by atoms with Crippen LogP contribution in [0.2, 0.25) is 0 Å². The number of carbonyl (C=O) groups excluding carboxylic acids is 1. The number of hydrogen-bond acceptors (Lipinski definition) is 3. The Labute approximate surface area is 122 Å². The number of nitrogens with one attached hydrogen (secondary N) is 1. The van der Waals surface area contributed by atoms with Crippen molar-refractivity contribution in [1.82, 2.24) is 0 Å². The van der Waals surface area contributed by atoms with Gasteiger partial charge < -0.3 is 11.1 Å². The molecule has 17 heavy (non-hydrogen) atoms. The lowest BCUT2D eigenvalue weighted by atomic mass is 10.3. The fourth-order valence-electron chi connectivity index (χ4n) is 1.11. The van der Waals surface area contributed by atoms with Crippen LogP contribution in [0.1, 0.15) is 6.92 Å². The van der Waals surface area contributed by atoms with Gasteiger partial charge in [-0.15, -0.1) is 0 Å². The molecule has 0 saturated heterocycles. The third-order valence-corrected chi connectivity index (χ3v) is 4.20. The van der Waals surface area contributed by atoms with Gasteiger partial charge in [0.2, 0.25) is 5.91 Å². The van der Waals surface area contributed by atoms with E-state index in [1.807, 2.05) is 25.1 Å². The van der Waals surface area contributed by atoms with E-state index < -0.39 is 0 Å². The Morgan fingerprint density at radius 2 is 2.24 bits per heavy atom. The lowest BCUT2D eigenvalue weighted by molar-refractivity contribution is -0.113. The van der Waals surface area contributed by atoms with Gasteiger partial charge in [0.15, 0.2) is 0 Å². The first kappa shape index (κ1) is 15.0. The van der Waals surface area contributed by atoms with Crippen molar-refractivity contribution in [3.63, 3.8) is 0 Å². The van der Waals surface area contributed by atoms with Crippen LogP contribution in [0.3, 0.4) is 0 Å². The lowest BCUT2D eigenvalue weighted by Crippen LogP contribution is -2.20. The quantitative estimate of drug-likeness (QED) is 0.823. The minimum atomic E-state index is -0.0151. The second-order valence-corrected chi connectivity index (χ2v) is 6.47. The van der Waals surface area contributed by atoms with Crippen LogP contribution in [0.15, 0.2) is 27.1 Å². The minimum absolute atomic E-state index is 0.0151. The van der Waals surface area contributed by atoms with Gasteiger partial charge >= 0.3 is 0 Å². The van der Waals surface area contributed by atoms with Gasteiger partial charge in [0.25, 0.3) is 0 Å². The SMILES string of the molecule is CC(N)CSCC(=O)Nc1ccc(Br)cc1Br. The van der Waals surface area contributed by atoms with Crippen molar-refractivity contribution >= 4 is 55.2 Å². The number of amides is 1. The molecule has 3 N–H and O–H groups in total. The maximum atomic E-state index is 11.6. The average Bonchev–Trinajstić information content (AvgIpc) is 2.21. The van der Waals surface area contributed by atoms with Crippen molar-refractivity contribution < 1.29 is 4.79 Å². The molecule has 1 amide bonds. The van der Waals surface area contributed by atoms with Crippen LogP contribution in [0.4, 0.5) is 5.69 Å². The van der Waals surface area contributed by atoms with Gasteiger partial charge in [0.1, 0.15) is 0 Å². The maximum Gasteiger partial charge on any atom is 0.234 e. The Bertz CT molecular complexity index is 399. The molecule has 0 spiro atoms. The molecule has 0 aliphatic heterocycles. The zero-order valence-electron chi connectivity index (χ0n) is 9.37. The number of nitrogens with two attached hydrogens (primary N) is 1. The molecule has 1 aromatic carbocycles. The van der Waals surface area contributed by atoms with Crippen molar-refractivity contribution in [2.45, 2.75) is 13.0 Å². The summed E-state index contributed by atoms with van der Waals surface area (Å²) in [5, 5.41) is 2.84. The molecule has 0 aliphatic carbocycles. The molecule has 0 heterocycles. The summed E-state index contributed by atoms with van der Waals surface area (Å²) in [4.78, 5) is 11.6. The monoisotopic (exact) mass is 380 g/mol. The Hall–Kier alpha value is -0.0400. The predicted molar refractivity (Wildman–Crippen MR) is 81.4 cm³/mol. The average molecular weight is 382 g/mol. The summed E-state index contributed by atoms with van der Waals surface area (Å²) in [6.45, 7) is 1.93. The second kappa shape index (κ2) is 7.41. The highest BCUT2D eigenvalue weighted by molar-refractivity contribution is 9.11. The number of rotatable bonds is 5. The summed E-state index contributed by atoms with van der Waals surface area (Å²) in [5.41, 5.74) is 6.38. The number of halogens is 2. The van der Waals surface area contributed by atoms with Crippen molar-refractivity contribution in [1.29, 1.82) is 0 Å². The summed E-state index contributed by atoms with van der Waals surface area (Å²) in [5.74, 6) is 1.19. The molecule has 1 rings (SSSR count). The Morgan fingerprint density at radius 3 is 2.82 bits per heavy atom. The molecule has 6 heteroatoms. The van der Waals surface area contributed by atoms with Crippen LogP contribution in [0, 0.1) is 0 Å². The summed E-state index contributed by atoms with van der Waals surface area (Å²) in [6, 6.07) is 5.75. The van der Waals surface area contributed by atoms with E-state index in [1.165, 1.54) is 11.8 Å². The molecule has 94 valence electrons. The number of anilines is 1. The number of thioether (sulfide) groups is 1. The van der Waals surface area contributed by atoms with E-state index in [1.54, 1.807) is 0 Å². The standard InChI is InChI=1S/C11H14Br2N2OS/c1-7(14)5-17-6-11(16)15-10-3-2-8(12)4-9(10)13/h2-4,7H,5-6,14H2,1H3,(H,15,16). The predicted octanol–water partition coefficient (Wildman–Crippen LogP) is 3.23. The van der Waals surface area contributed by atoms with E-state index >= 15 is 0 Å². The van der Waals surface area contributed by atoms with Gasteiger partial charge in [0, 0.05) is 20.7 Å². The molecular weight excluding hydrogens is 368 g/mol. The Balaban J connectivity index is 2.45. The van der Waals surface area contributed by atoms with E-state index in [4.69, 9.17) is 5.73 Å². The molecule has 0 fully saturated rings. The van der Waals surface area contributed by atoms with E-state index in [9.17, 15) is 4.79 Å². The fraction of sp³-hybridized carbons (Fsp3) is 0.364. The smallest absolute Gasteiger partial charge is 0.234 e. The van der Waals surface area contributed by atoms with Crippen LogP contribution in [0.25, 0.3) is 0 Å². The van der Waals surface area contributed by atoms with E-state index in [0.29, 0.717) is 5.75 Å². The summed E-state index contributed by atoms with van der Waals surface area (Å²) in [7, 11) is 0. The molecule has 1 unspecified atom stereocenters. The first-order valence-electron chi connectivity index (χ1n) is 5.07. The van der Waals surface area contributed by atoms with Gasteiger partial charge in [-0.2, -0.15) is 11.8 Å². The lowest BCUT2D eigenvalue weighted by Gasteiger charge is -2.08. The summed E-state index contributed by atoms with van der Waals surface area (Å²) >= 11 is 8.29. The van der Waals surface area contributed by atoms with Crippen LogP contribution in [-0.4, -0.2) is 23.5 Å². The van der Waals surface area contributed by atoms with E-state index in [0.717, 1.165) is 20.4 Å². The topological polar surface area (TPSA) is 55.1 Å². The Morgan fingerprint density at radius 1 is 1.53 bits per heavy atom. The first-order chi connectivity index (χ1) is 7.99. The molecular formula is C11H14Br2N2OS. The van der Waals surface area contributed by atoms with Crippen molar-refractivity contribution in [2.24, 2.45) is 5.73 Å². The maximum absolute atomic E-state index is 11.6. The molecule has 3 nitrogen and oxygen atoms in total. The highest BCUT2D eigenvalue weighted by Gasteiger charge is 2.06. The molecule has 0 aromatic heterocycles. The highest BCUT2D eigenvalue weighted by atomic mass is 79.9. The second-order valence-electron chi connectivity index (χ2n) is 3.66. The molecule has 0 aliphatic rings. The molecule has 1 aromatic rings. The third-order valence-electron chi connectivity index (χ3n) is 1.82. The van der Waals surface area contributed by atoms with Gasteiger partial charge in [-0.1, -0.05) is 15.9 Å². The Kier molecular flexibility index (Phi) is 6.54. The van der Waals surface area contributed by atoms with Crippen LogP contribution >= 0.6 is 43.6 Å². The van der Waals surface area contributed by atoms with E-state index in [-0.39, 0.29) is 11.9 Å². The fourth-order valence-corrected chi connectivity index (χ4v) is 3.01. The van der Waals surface area contributed by atoms with Crippen LogP contribution < -0.4 is 11.1 Å². The summed E-state index contributed by atoms with van der Waals surface area (Å²) < 4.78 is 1.83. The van der Waals surface area contributed by atoms with Crippen molar-refractivity contribution in [3.05, 3.63) is 27.1 Å². The zero-order valence-corrected chi connectivity index (χ0v) is 13.4. The highest BCUT2D eigenvalue weighted by Crippen LogP contribution is 2.26. The molecule has 0 bridgehead atoms. The number of benzene rings is 1. The third kappa shape index (κ3) is 5.90. The molecule has 0 saturated carbocycles. The van der Waals surface area contributed by atoms with Crippen LogP contribution in [-0.2, 0) is 4.79 Å². The number of carbonyl (C=O) groups is 1. The van der Waals surface area contributed by atoms with Gasteiger partial charge in [-0.05, 0) is 41.1 Å². The first-order valence-corrected chi connectivity index (χ1v) is 7.81. The van der Waals surface area contributed by atoms with E-state index in [2.05, 4.69) is 37.2 Å². The van der Waals surface area contributed by atoms with Gasteiger partial charge in [-0.3, -0.25) is 4.79 Å². The van der Waals surface area contributed by atoms with Gasteiger partial charge in [0.05, 0.1) is 11.4 Å². The largest absolute Gasteiger partial charge is 0.327 e. The zero-order chi connectivity index (χ0) is 12.8. The van der Waals surface area contributed by atoms with Crippen LogP contribution in [0.5, 0.6) is 0 Å². The molecule has 1 atom stereocenters. The summed E-state index contributed by atoms with van der Waals surface area (Å²) in [6.07, 6.45) is 0. The van der Waals surface area contributed by atoms with Crippen molar-refractivity contribution in [2.75, 3.05) is 16.8 Å². The minimum Gasteiger partial charge on any atom is -0.327 e. The van der Waals surface area contributed by atoms with Crippen molar-refractivity contribution in [3.8, 4) is 0 Å². The van der Waals surface area contributed by atoms with Gasteiger partial charge in [-0.25, -0.2) is 0 Å². The normalized spacial score (nSPS) is 12.2. The number of hydrogen-bond donors (Lipinski definition) is 2.